The Morgan fingerprint density at radius 2 is 1.81 bits per heavy atom. The summed E-state index contributed by atoms with van der Waals surface area (Å²) in [6.07, 6.45) is 3.24. The first-order chi connectivity index (χ1) is 12.6. The van der Waals surface area contributed by atoms with Gasteiger partial charge < -0.3 is 15.8 Å². The fourth-order valence-corrected chi connectivity index (χ4v) is 2.96. The van der Waals surface area contributed by atoms with E-state index in [-0.39, 0.29) is 0 Å². The van der Waals surface area contributed by atoms with Gasteiger partial charge in [0.25, 0.3) is 0 Å². The molecule has 2 aromatic carbocycles. The molecule has 2 heterocycles. The van der Waals surface area contributed by atoms with Crippen molar-refractivity contribution in [2.45, 2.75) is 0 Å². The highest BCUT2D eigenvalue weighted by Crippen LogP contribution is 2.32. The number of rotatable bonds is 3. The second kappa shape index (κ2) is 6.55. The molecule has 0 unspecified atom stereocenters. The van der Waals surface area contributed by atoms with Gasteiger partial charge in [-0.2, -0.15) is 10.2 Å². The maximum absolute atomic E-state index is 9.57. The van der Waals surface area contributed by atoms with E-state index in [9.17, 15) is 10.0 Å². The molecule has 6 nitrogen and oxygen atoms in total. The second-order valence-electron chi connectivity index (χ2n) is 5.93. The highest BCUT2D eigenvalue weighted by atomic mass is 16.4. The minimum atomic E-state index is -1.55. The quantitative estimate of drug-likeness (QED) is 0.489. The lowest BCUT2D eigenvalue weighted by Crippen LogP contribution is -2.29. The number of anilines is 1. The average Bonchev–Trinajstić information content (AvgIpc) is 2.68. The van der Waals surface area contributed by atoms with Crippen LogP contribution in [0, 0.1) is 0 Å². The van der Waals surface area contributed by atoms with Gasteiger partial charge in [-0.05, 0) is 40.9 Å². The molecule has 0 aliphatic heterocycles. The van der Waals surface area contributed by atoms with E-state index in [1.165, 1.54) is 6.20 Å². The fraction of sp³-hybridized carbons (Fsp3) is 0. The van der Waals surface area contributed by atoms with Crippen molar-refractivity contribution in [2.24, 2.45) is 0 Å². The summed E-state index contributed by atoms with van der Waals surface area (Å²) in [6, 6.07) is 16.6. The zero-order valence-corrected chi connectivity index (χ0v) is 13.7. The van der Waals surface area contributed by atoms with Gasteiger partial charge in [-0.3, -0.25) is 4.98 Å². The van der Waals surface area contributed by atoms with Crippen LogP contribution in [0.25, 0.3) is 33.3 Å². The zero-order valence-electron chi connectivity index (χ0n) is 13.7. The lowest BCUT2D eigenvalue weighted by molar-refractivity contribution is 0.426. The van der Waals surface area contributed by atoms with Gasteiger partial charge in [-0.25, -0.2) is 0 Å². The Kier molecular flexibility index (Phi) is 4.08. The van der Waals surface area contributed by atoms with Crippen molar-refractivity contribution in [1.29, 1.82) is 0 Å². The molecule has 0 fully saturated rings. The molecule has 2 aromatic heterocycles. The van der Waals surface area contributed by atoms with Crippen LogP contribution in [-0.4, -0.2) is 32.3 Å². The van der Waals surface area contributed by atoms with Gasteiger partial charge in [0.1, 0.15) is 0 Å². The van der Waals surface area contributed by atoms with E-state index in [2.05, 4.69) is 15.2 Å². The van der Waals surface area contributed by atoms with Crippen molar-refractivity contribution < 1.29 is 10.0 Å². The number of pyridine rings is 1. The Morgan fingerprint density at radius 1 is 0.923 bits per heavy atom. The van der Waals surface area contributed by atoms with Crippen LogP contribution in [0.5, 0.6) is 0 Å². The maximum atomic E-state index is 9.57. The van der Waals surface area contributed by atoms with E-state index in [4.69, 9.17) is 5.73 Å². The van der Waals surface area contributed by atoms with E-state index < -0.39 is 7.12 Å². The monoisotopic (exact) mass is 342 g/mol. The topological polar surface area (TPSA) is 105 Å². The molecule has 0 saturated heterocycles. The third-order valence-electron chi connectivity index (χ3n) is 4.26. The fourth-order valence-electron chi connectivity index (χ4n) is 2.96. The van der Waals surface area contributed by atoms with Crippen molar-refractivity contribution >= 4 is 29.2 Å². The summed E-state index contributed by atoms with van der Waals surface area (Å²) in [5.74, 6) is 0. The number of nitrogen functional groups attached to an aromatic ring is 1. The number of hydrogen-bond donors (Lipinski definition) is 3. The van der Waals surface area contributed by atoms with Crippen LogP contribution in [0.2, 0.25) is 0 Å². The molecule has 0 aliphatic carbocycles. The van der Waals surface area contributed by atoms with Crippen LogP contribution in [0.15, 0.2) is 67.0 Å². The lowest BCUT2D eigenvalue weighted by Gasteiger charge is -2.13. The van der Waals surface area contributed by atoms with Gasteiger partial charge in [0, 0.05) is 17.1 Å². The summed E-state index contributed by atoms with van der Waals surface area (Å²) < 4.78 is 0. The summed E-state index contributed by atoms with van der Waals surface area (Å²) in [6.45, 7) is 0. The molecular formula is C19H15BN4O2. The first-order valence-electron chi connectivity index (χ1n) is 8.06. The van der Waals surface area contributed by atoms with E-state index in [0.29, 0.717) is 16.7 Å². The van der Waals surface area contributed by atoms with Crippen molar-refractivity contribution in [3.63, 3.8) is 0 Å². The van der Waals surface area contributed by atoms with Gasteiger partial charge in [0.05, 0.1) is 23.1 Å². The number of nitrogens with two attached hydrogens (primary N) is 1. The normalized spacial score (nSPS) is 10.8. The molecule has 0 amide bonds. The largest absolute Gasteiger partial charge is 0.488 e. The third kappa shape index (κ3) is 2.90. The summed E-state index contributed by atoms with van der Waals surface area (Å²) >= 11 is 0. The average molecular weight is 342 g/mol. The van der Waals surface area contributed by atoms with Gasteiger partial charge in [0.15, 0.2) is 0 Å². The SMILES string of the molecule is Nc1cnnc2cc(-c3cc(B(O)O)ccc3-c3ccccn3)ccc12. The van der Waals surface area contributed by atoms with Crippen LogP contribution in [0.4, 0.5) is 5.69 Å². The highest BCUT2D eigenvalue weighted by molar-refractivity contribution is 6.58. The van der Waals surface area contributed by atoms with Crippen molar-refractivity contribution in [1.82, 2.24) is 15.2 Å². The summed E-state index contributed by atoms with van der Waals surface area (Å²) in [5.41, 5.74) is 10.9. The molecule has 0 spiro atoms. The van der Waals surface area contributed by atoms with Gasteiger partial charge in [-0.1, -0.05) is 30.3 Å². The van der Waals surface area contributed by atoms with E-state index >= 15 is 0 Å². The van der Waals surface area contributed by atoms with E-state index in [0.717, 1.165) is 27.8 Å². The molecule has 26 heavy (non-hydrogen) atoms. The first kappa shape index (κ1) is 16.2. The number of benzene rings is 2. The molecule has 4 rings (SSSR count). The van der Waals surface area contributed by atoms with Crippen molar-refractivity contribution in [2.75, 3.05) is 5.73 Å². The van der Waals surface area contributed by atoms with Gasteiger partial charge in [0.2, 0.25) is 0 Å². The summed E-state index contributed by atoms with van der Waals surface area (Å²) in [4.78, 5) is 4.41. The van der Waals surface area contributed by atoms with Gasteiger partial charge >= 0.3 is 7.12 Å². The Balaban J connectivity index is 1.95. The number of fused-ring (bicyclic) bond motifs is 1. The number of hydrogen-bond acceptors (Lipinski definition) is 6. The minimum absolute atomic E-state index is 0.401. The van der Waals surface area contributed by atoms with Crippen LogP contribution < -0.4 is 11.2 Å². The number of nitrogens with zero attached hydrogens (tertiary/aromatic N) is 3. The molecule has 0 aliphatic rings. The highest BCUT2D eigenvalue weighted by Gasteiger charge is 2.16. The lowest BCUT2D eigenvalue weighted by atomic mass is 9.77. The second-order valence-corrected chi connectivity index (χ2v) is 5.93. The van der Waals surface area contributed by atoms with Gasteiger partial charge in [-0.15, -0.1) is 0 Å². The molecule has 7 heteroatoms. The Bertz CT molecular complexity index is 1090. The van der Waals surface area contributed by atoms with Crippen molar-refractivity contribution in [3.8, 4) is 22.4 Å². The van der Waals surface area contributed by atoms with Crippen LogP contribution in [-0.2, 0) is 0 Å². The molecule has 0 saturated carbocycles. The smallest absolute Gasteiger partial charge is 0.423 e. The molecule has 4 N–H and O–H groups in total. The van der Waals surface area contributed by atoms with Crippen molar-refractivity contribution in [3.05, 3.63) is 67.0 Å². The molecule has 0 radical (unpaired) electrons. The third-order valence-corrected chi connectivity index (χ3v) is 4.26. The van der Waals surface area contributed by atoms with E-state index in [1.807, 2.05) is 42.5 Å². The standard InChI is InChI=1S/C19H15BN4O2/c21-17-11-23-24-19-9-12(4-6-15(17)19)16-10-13(20(25)26)5-7-14(16)18-3-1-2-8-22-18/h1-11,25-26H,(H2,21,24). The Labute approximate surface area is 150 Å². The number of aromatic nitrogens is 3. The molecular weight excluding hydrogens is 327 g/mol. The molecule has 0 bridgehead atoms. The molecule has 0 atom stereocenters. The summed E-state index contributed by atoms with van der Waals surface area (Å²) in [7, 11) is -1.55. The Hall–Kier alpha value is -3.29. The van der Waals surface area contributed by atoms with Crippen LogP contribution >= 0.6 is 0 Å². The van der Waals surface area contributed by atoms with Crippen LogP contribution in [0.1, 0.15) is 0 Å². The van der Waals surface area contributed by atoms with E-state index in [1.54, 1.807) is 18.3 Å². The zero-order chi connectivity index (χ0) is 18.1. The maximum Gasteiger partial charge on any atom is 0.488 e. The minimum Gasteiger partial charge on any atom is -0.423 e. The summed E-state index contributed by atoms with van der Waals surface area (Å²) in [5, 5.41) is 28.0. The Morgan fingerprint density at radius 3 is 2.58 bits per heavy atom. The molecule has 4 aromatic rings. The predicted octanol–water partition coefficient (Wildman–Crippen LogP) is 1.62. The molecule has 126 valence electrons. The predicted molar refractivity (Wildman–Crippen MR) is 102 cm³/mol. The first-order valence-corrected chi connectivity index (χ1v) is 8.06. The van der Waals surface area contributed by atoms with Crippen LogP contribution in [0.3, 0.4) is 0 Å².